The van der Waals surface area contributed by atoms with Crippen molar-refractivity contribution in [2.45, 2.75) is 6.92 Å². The summed E-state index contributed by atoms with van der Waals surface area (Å²) in [6, 6.07) is 9.03. The number of aromatic nitrogens is 6. The maximum Gasteiger partial charge on any atom is 0.191 e. The molecule has 4 heterocycles. The summed E-state index contributed by atoms with van der Waals surface area (Å²) in [5.74, 6) is 0.475. The molecule has 1 aromatic carbocycles. The van der Waals surface area contributed by atoms with Crippen LogP contribution in [0.15, 0.2) is 47.7 Å². The fourth-order valence-electron chi connectivity index (χ4n) is 3.32. The number of nitrogens with zero attached hydrogens (tertiary/aromatic N) is 5. The van der Waals surface area contributed by atoms with Gasteiger partial charge in [-0.25, -0.2) is 9.67 Å². The highest BCUT2D eigenvalue weighted by Crippen LogP contribution is 2.33. The van der Waals surface area contributed by atoms with Crippen LogP contribution in [0.2, 0.25) is 5.02 Å². The molecule has 0 spiro atoms. The molecular weight excluding hydrogens is 390 g/mol. The van der Waals surface area contributed by atoms with E-state index >= 15 is 0 Å². The van der Waals surface area contributed by atoms with Crippen LogP contribution in [0.3, 0.4) is 0 Å². The Kier molecular flexibility index (Phi) is 3.72. The number of aryl methyl sites for hydroxylation is 1. The molecule has 0 saturated heterocycles. The summed E-state index contributed by atoms with van der Waals surface area (Å²) in [7, 11) is 0. The first kappa shape index (κ1) is 17.2. The van der Waals surface area contributed by atoms with E-state index in [1.165, 1.54) is 6.07 Å². The van der Waals surface area contributed by atoms with Crippen molar-refractivity contribution in [1.82, 2.24) is 29.9 Å². The van der Waals surface area contributed by atoms with Crippen LogP contribution in [0.5, 0.6) is 0 Å². The molecule has 0 fully saturated rings. The SMILES string of the molecule is Cc1nn(-c2nc3[nH]ccc(=O)c3cc2-c2cc(Cl)c3[nH]ncc3c2)cc1C#N. The lowest BCUT2D eigenvalue weighted by Crippen LogP contribution is -2.07. The molecule has 0 aliphatic carbocycles. The van der Waals surface area contributed by atoms with Gasteiger partial charge in [-0.05, 0) is 30.7 Å². The van der Waals surface area contributed by atoms with Crippen molar-refractivity contribution < 1.29 is 0 Å². The van der Waals surface area contributed by atoms with Crippen LogP contribution in [-0.4, -0.2) is 29.9 Å². The Hall–Kier alpha value is -3.96. The van der Waals surface area contributed by atoms with Crippen molar-refractivity contribution in [2.75, 3.05) is 0 Å². The topological polar surface area (TPSA) is 116 Å². The number of halogens is 1. The molecule has 29 heavy (non-hydrogen) atoms. The molecule has 0 amide bonds. The second kappa shape index (κ2) is 6.29. The second-order valence-corrected chi connectivity index (χ2v) is 6.98. The quantitative estimate of drug-likeness (QED) is 0.469. The van der Waals surface area contributed by atoms with Crippen LogP contribution in [-0.2, 0) is 0 Å². The highest BCUT2D eigenvalue weighted by molar-refractivity contribution is 6.35. The Labute approximate surface area is 168 Å². The standard InChI is InChI=1S/C20H12ClN7O/c1-10-13(7-22)9-28(27-10)20-14(6-15-17(29)2-3-23-19(15)25-20)11-4-12-8-24-26-18(12)16(21)5-11/h2-6,8-9H,1H3,(H,24,26)(H,23,25,29). The Morgan fingerprint density at radius 1 is 1.28 bits per heavy atom. The highest BCUT2D eigenvalue weighted by Gasteiger charge is 2.17. The van der Waals surface area contributed by atoms with E-state index in [0.29, 0.717) is 38.7 Å². The van der Waals surface area contributed by atoms with Crippen molar-refractivity contribution >= 4 is 33.5 Å². The van der Waals surface area contributed by atoms with Gasteiger partial charge in [0.05, 0.1) is 39.6 Å². The molecule has 140 valence electrons. The largest absolute Gasteiger partial charge is 0.346 e. The Morgan fingerprint density at radius 3 is 2.93 bits per heavy atom. The summed E-state index contributed by atoms with van der Waals surface area (Å²) >= 11 is 6.43. The van der Waals surface area contributed by atoms with Gasteiger partial charge in [0.25, 0.3) is 0 Å². The van der Waals surface area contributed by atoms with Gasteiger partial charge >= 0.3 is 0 Å². The average molecular weight is 402 g/mol. The number of nitrogens with one attached hydrogen (secondary N) is 2. The molecule has 2 N–H and O–H groups in total. The highest BCUT2D eigenvalue weighted by atomic mass is 35.5. The third kappa shape index (κ3) is 2.68. The first-order chi connectivity index (χ1) is 14.0. The summed E-state index contributed by atoms with van der Waals surface area (Å²) in [6.07, 6.45) is 4.84. The maximum absolute atomic E-state index is 12.4. The fraction of sp³-hybridized carbons (Fsp3) is 0.0500. The van der Waals surface area contributed by atoms with Crippen LogP contribution >= 0.6 is 11.6 Å². The van der Waals surface area contributed by atoms with E-state index in [9.17, 15) is 10.1 Å². The van der Waals surface area contributed by atoms with E-state index in [2.05, 4.69) is 31.3 Å². The van der Waals surface area contributed by atoms with Crippen LogP contribution in [0.4, 0.5) is 0 Å². The summed E-state index contributed by atoms with van der Waals surface area (Å²) in [5, 5.41) is 22.4. The Balaban J connectivity index is 1.87. The molecule has 8 nitrogen and oxygen atoms in total. The van der Waals surface area contributed by atoms with Gasteiger partial charge in [0, 0.05) is 23.2 Å². The molecule has 0 radical (unpaired) electrons. The van der Waals surface area contributed by atoms with Crippen LogP contribution in [0, 0.1) is 18.3 Å². The number of hydrogen-bond donors (Lipinski definition) is 2. The first-order valence-corrected chi connectivity index (χ1v) is 9.05. The summed E-state index contributed by atoms with van der Waals surface area (Å²) in [5.41, 5.74) is 3.45. The van der Waals surface area contributed by atoms with E-state index in [-0.39, 0.29) is 5.43 Å². The maximum atomic E-state index is 12.4. The third-order valence-electron chi connectivity index (χ3n) is 4.77. The number of benzene rings is 1. The van der Waals surface area contributed by atoms with Crippen molar-refractivity contribution in [3.63, 3.8) is 0 Å². The minimum atomic E-state index is -0.149. The molecular formula is C20H12ClN7O. The normalized spacial score (nSPS) is 11.2. The molecule has 0 bridgehead atoms. The van der Waals surface area contributed by atoms with E-state index in [1.54, 1.807) is 42.3 Å². The Bertz CT molecular complexity index is 1520. The number of pyridine rings is 2. The second-order valence-electron chi connectivity index (χ2n) is 6.57. The summed E-state index contributed by atoms with van der Waals surface area (Å²) in [6.45, 7) is 1.76. The Morgan fingerprint density at radius 2 is 2.14 bits per heavy atom. The fourth-order valence-corrected chi connectivity index (χ4v) is 3.59. The number of hydrogen-bond acceptors (Lipinski definition) is 5. The molecule has 0 aliphatic heterocycles. The predicted molar refractivity (Wildman–Crippen MR) is 109 cm³/mol. The minimum absolute atomic E-state index is 0.149. The summed E-state index contributed by atoms with van der Waals surface area (Å²) < 4.78 is 1.54. The van der Waals surface area contributed by atoms with Crippen molar-refractivity contribution in [2.24, 2.45) is 0 Å². The van der Waals surface area contributed by atoms with E-state index in [4.69, 9.17) is 11.6 Å². The molecule has 0 aliphatic rings. The molecule has 9 heteroatoms. The number of fused-ring (bicyclic) bond motifs is 2. The van der Waals surface area contributed by atoms with Crippen LogP contribution < -0.4 is 5.43 Å². The van der Waals surface area contributed by atoms with Crippen LogP contribution in [0.1, 0.15) is 11.3 Å². The van der Waals surface area contributed by atoms with Gasteiger partial charge < -0.3 is 4.98 Å². The third-order valence-corrected chi connectivity index (χ3v) is 5.07. The van der Waals surface area contributed by atoms with Gasteiger partial charge in [-0.15, -0.1) is 0 Å². The zero-order valence-electron chi connectivity index (χ0n) is 15.1. The number of aromatic amines is 2. The van der Waals surface area contributed by atoms with Gasteiger partial charge in [-0.3, -0.25) is 9.89 Å². The van der Waals surface area contributed by atoms with Gasteiger partial charge in [0.2, 0.25) is 0 Å². The molecule has 0 atom stereocenters. The first-order valence-electron chi connectivity index (χ1n) is 8.67. The molecule has 4 aromatic heterocycles. The summed E-state index contributed by atoms with van der Waals surface area (Å²) in [4.78, 5) is 20.0. The molecule has 5 aromatic rings. The smallest absolute Gasteiger partial charge is 0.191 e. The van der Waals surface area contributed by atoms with Crippen molar-refractivity contribution in [1.29, 1.82) is 5.26 Å². The zero-order valence-corrected chi connectivity index (χ0v) is 15.8. The number of nitriles is 1. The lowest BCUT2D eigenvalue weighted by atomic mass is 10.0. The van der Waals surface area contributed by atoms with Crippen LogP contribution in [0.25, 0.3) is 38.9 Å². The van der Waals surface area contributed by atoms with Crippen molar-refractivity contribution in [3.05, 3.63) is 69.4 Å². The van der Waals surface area contributed by atoms with E-state index in [0.717, 1.165) is 16.5 Å². The number of rotatable bonds is 2. The molecule has 5 rings (SSSR count). The zero-order chi connectivity index (χ0) is 20.1. The lowest BCUT2D eigenvalue weighted by Gasteiger charge is -2.11. The van der Waals surface area contributed by atoms with Gasteiger partial charge in [0.15, 0.2) is 11.2 Å². The van der Waals surface area contributed by atoms with E-state index < -0.39 is 0 Å². The monoisotopic (exact) mass is 401 g/mol. The van der Waals surface area contributed by atoms with Gasteiger partial charge in [-0.2, -0.15) is 15.5 Å². The van der Waals surface area contributed by atoms with Gasteiger partial charge in [-0.1, -0.05) is 11.6 Å². The molecule has 0 saturated carbocycles. The average Bonchev–Trinajstić information content (AvgIpc) is 3.34. The predicted octanol–water partition coefficient (Wildman–Crippen LogP) is 3.49. The van der Waals surface area contributed by atoms with Crippen molar-refractivity contribution in [3.8, 4) is 23.0 Å². The lowest BCUT2D eigenvalue weighted by molar-refractivity contribution is 0.838. The minimum Gasteiger partial charge on any atom is -0.346 e. The number of H-pyrrole nitrogens is 2. The van der Waals surface area contributed by atoms with Gasteiger partial charge in [0.1, 0.15) is 11.7 Å². The molecule has 0 unspecified atom stereocenters. The van der Waals surface area contributed by atoms with E-state index in [1.807, 2.05) is 6.07 Å².